The van der Waals surface area contributed by atoms with Gasteiger partial charge in [0.1, 0.15) is 98.4 Å². The number of aliphatic hydroxyl groups is 1. The molecule has 15 aromatic rings. The average molecular weight is 2000 g/mol. The standard InChI is InChI=1S/C28H31N5O3.C27H30N4O3.C26H25N5O2.C23H23N5O.C3H3ClO.C2H4O2.CH4N2.CH4O/c1-28(2,3)36-27(34)32-15-7-8-19(16-32)23-17-33(25-24(23)30-18-31-26(25)29)20-11-13-22(14-12-20)35-21-9-5-4-6-10-21;1-27(2,3)34-26(32)30-16-8-9-19(17-30)23-18-31(25(29-4)24(23)28)20-12-14-22(15-13-20)33-21-10-6-5-7-11-21;1-2-23(32)30-14-6-7-18(15-30)22-16-31(25-24(22)28-17-29-26(25)27)19-10-12-21(13-11-19)33-20-8-4-3-5-9-20;24-23-22-21(26-15-27-23)20(16-5-4-12-25-13-16)14-28(22)17-8-10-19(11-9-17)29-18-6-2-1-3-7-18;1-2-3(4)5;1-2(3)4;2-1-3;1-2/h4-6,9-14,17-19H,7-8,15-16H2,1-3H3,(H2,29,30,31);5-7,10-15,18-19H,8-9,16-17,28H2,1-3H3;2-5,8-13,16-18H,1,6-7,14-15H2,(H2,27,28,29);1-3,6-11,14-16,25H,4-5,12-13H2,(H2,24,26,27);2H,1H2;1H3,(H,3,4);1H,(H3,2,3);2H,1H3. The van der Waals surface area contributed by atoms with Gasteiger partial charge in [-0.1, -0.05) is 92.5 Å². The number of aliphatic carboxylic acids is 1. The summed E-state index contributed by atoms with van der Waals surface area (Å²) in [5.74, 6) is 7.73. The van der Waals surface area contributed by atoms with Gasteiger partial charge in [0.2, 0.25) is 11.1 Å². The third-order valence-corrected chi connectivity index (χ3v) is 23.9. The highest BCUT2D eigenvalue weighted by Gasteiger charge is 2.35. The van der Waals surface area contributed by atoms with Gasteiger partial charge >= 0.3 is 12.2 Å². The predicted octanol–water partition coefficient (Wildman–Crippen LogP) is 21.6. The highest BCUT2D eigenvalue weighted by Crippen LogP contribution is 2.44. The van der Waals surface area contributed by atoms with Gasteiger partial charge in [-0.3, -0.25) is 24.4 Å². The van der Waals surface area contributed by atoms with Crippen LogP contribution in [0.15, 0.2) is 287 Å². The van der Waals surface area contributed by atoms with E-state index in [1.54, 1.807) is 16.1 Å². The van der Waals surface area contributed by atoms with Crippen LogP contribution in [0.5, 0.6) is 46.0 Å². The van der Waals surface area contributed by atoms with Gasteiger partial charge in [0, 0.05) is 141 Å². The first-order valence-corrected chi connectivity index (χ1v) is 48.1. The predicted molar refractivity (Wildman–Crippen MR) is 571 cm³/mol. The fraction of sp³-hybridized carbons (Fsp3) is 0.270. The molecule has 0 radical (unpaired) electrons. The summed E-state index contributed by atoms with van der Waals surface area (Å²) in [6.45, 7) is 32.6. The average Bonchev–Trinajstić information content (AvgIpc) is 1.61. The number of aliphatic hydroxyl groups excluding tert-OH is 1. The minimum Gasteiger partial charge on any atom is -0.481 e. The Morgan fingerprint density at radius 3 is 1.00 bits per heavy atom. The smallest absolute Gasteiger partial charge is 0.410 e. The lowest BCUT2D eigenvalue weighted by Crippen LogP contribution is -2.42. The van der Waals surface area contributed by atoms with E-state index in [1.165, 1.54) is 30.7 Å². The number of amides is 3. The zero-order chi connectivity index (χ0) is 105. The van der Waals surface area contributed by atoms with E-state index in [0.29, 0.717) is 73.4 Å². The molecule has 7 aromatic heterocycles. The van der Waals surface area contributed by atoms with Crippen molar-refractivity contribution >= 4 is 109 Å². The molecule has 758 valence electrons. The van der Waals surface area contributed by atoms with Crippen LogP contribution >= 0.6 is 11.6 Å². The zero-order valence-electron chi connectivity index (χ0n) is 83.0. The maximum Gasteiger partial charge on any atom is 0.410 e. The molecule has 34 nitrogen and oxygen atoms in total. The van der Waals surface area contributed by atoms with Crippen molar-refractivity contribution < 1.29 is 62.6 Å². The second kappa shape index (κ2) is 51.7. The Morgan fingerprint density at radius 2 is 0.712 bits per heavy atom. The number of carboxylic acids is 1. The number of carboxylic acid groups (broad SMARTS) is 1. The summed E-state index contributed by atoms with van der Waals surface area (Å²) in [5, 5.41) is 23.3. The SMILES string of the molecule is C=CC(=O)Cl.C=CC(=O)N1CCCC(c2cn(-c3ccc(Oc4ccccc4)cc3)c3c(N)ncnc23)C1.CC(=O)O.CC(C)(C)OC(=O)N1CCCC(c2cn(-c3ccc(Oc4ccccc4)cc3)c3c(N)ncnc23)C1.CO.N=CN.Nc1ncnc2c(C3CCCNC3)cn(-c3ccc(Oc4ccccc4)cc3)c12.[C-]#[N+]c1c(N)c(C2CCCN(C(=O)OC(C)(C)C)C2)cn1-c1ccc(Oc2ccccc2)cc1. The number of nitrogens with one attached hydrogen (secondary N) is 2. The summed E-state index contributed by atoms with van der Waals surface area (Å²) in [4.78, 5) is 91.5. The van der Waals surface area contributed by atoms with Gasteiger partial charge in [-0.15, -0.1) is 0 Å². The maximum atomic E-state index is 12.7. The van der Waals surface area contributed by atoms with E-state index in [-0.39, 0.29) is 35.8 Å². The number of aromatic nitrogens is 10. The quantitative estimate of drug-likeness (QED) is 0.0127. The molecule has 0 saturated carbocycles. The van der Waals surface area contributed by atoms with Crippen molar-refractivity contribution in [2.24, 2.45) is 5.73 Å². The maximum absolute atomic E-state index is 12.7. The minimum atomic E-state index is -0.833. The number of allylic oxidation sites excluding steroid dienone is 1. The van der Waals surface area contributed by atoms with Gasteiger partial charge < -0.3 is 106 Å². The number of nitrogens with zero attached hydrogens (tertiary/aromatic N) is 14. The third kappa shape index (κ3) is 29.2. The number of hydrogen-bond acceptors (Lipinski definition) is 24. The van der Waals surface area contributed by atoms with Gasteiger partial charge in [-0.2, -0.15) is 0 Å². The van der Waals surface area contributed by atoms with Crippen molar-refractivity contribution in [2.45, 2.75) is 135 Å². The number of nitrogen functional groups attached to an aromatic ring is 4. The van der Waals surface area contributed by atoms with Crippen LogP contribution in [0.1, 0.15) is 146 Å². The summed E-state index contributed by atoms with van der Waals surface area (Å²) in [5.41, 5.74) is 42.0. The monoisotopic (exact) mass is 1990 g/mol. The largest absolute Gasteiger partial charge is 0.481 e. The van der Waals surface area contributed by atoms with E-state index < -0.39 is 22.4 Å². The highest BCUT2D eigenvalue weighted by molar-refractivity contribution is 6.66. The molecule has 4 aliphatic rings. The van der Waals surface area contributed by atoms with Gasteiger partial charge in [0.25, 0.3) is 11.8 Å². The van der Waals surface area contributed by atoms with E-state index in [0.717, 1.165) is 204 Å². The first-order chi connectivity index (χ1) is 70.4. The van der Waals surface area contributed by atoms with E-state index >= 15 is 0 Å². The number of hydrogen-bond donors (Lipinski definition) is 9. The van der Waals surface area contributed by atoms with Gasteiger partial charge in [0.05, 0.1) is 34.8 Å². The number of ether oxygens (including phenoxy) is 6. The second-order valence-corrected chi connectivity index (χ2v) is 36.6. The number of para-hydroxylation sites is 4. The molecule has 14 N–H and O–H groups in total. The molecule has 19 rings (SSSR count). The summed E-state index contributed by atoms with van der Waals surface area (Å²) >= 11 is 4.71. The van der Waals surface area contributed by atoms with Crippen LogP contribution in [-0.4, -0.2) is 179 Å². The Hall–Kier alpha value is -16.9. The number of piperidine rings is 4. The molecule has 3 amide bonds. The molecule has 0 spiro atoms. The summed E-state index contributed by atoms with van der Waals surface area (Å²) < 4.78 is 42.8. The Labute approximate surface area is 853 Å². The van der Waals surface area contributed by atoms with Crippen LogP contribution in [0.3, 0.4) is 0 Å². The fourth-order valence-electron chi connectivity index (χ4n) is 17.3. The van der Waals surface area contributed by atoms with Gasteiger partial charge in [-0.05, 0) is 269 Å². The van der Waals surface area contributed by atoms with Crippen LogP contribution in [0.2, 0.25) is 0 Å². The lowest BCUT2D eigenvalue weighted by molar-refractivity contribution is -0.134. The van der Waals surface area contributed by atoms with E-state index in [9.17, 15) is 19.2 Å². The molecule has 4 fully saturated rings. The molecule has 4 unspecified atom stereocenters. The van der Waals surface area contributed by atoms with Crippen LogP contribution < -0.4 is 52.9 Å². The molecular formula is C111H124ClN21O13. The number of carbonyl (C=O) groups is 5. The number of benzene rings is 8. The molecule has 4 atom stereocenters. The fourth-order valence-corrected chi connectivity index (χ4v) is 17.3. The van der Waals surface area contributed by atoms with Crippen molar-refractivity contribution in [3.05, 3.63) is 321 Å². The molecule has 4 aliphatic heterocycles. The van der Waals surface area contributed by atoms with Crippen LogP contribution in [0.25, 0.3) is 60.7 Å². The first-order valence-electron chi connectivity index (χ1n) is 47.7. The topological polar surface area (TPSA) is 458 Å². The highest BCUT2D eigenvalue weighted by atomic mass is 35.5. The van der Waals surface area contributed by atoms with E-state index in [2.05, 4.69) is 82.1 Å². The lowest BCUT2D eigenvalue weighted by Gasteiger charge is -2.34. The Balaban J connectivity index is 0.000000166. The molecule has 0 bridgehead atoms. The normalized spacial score (nSPS) is 15.2. The molecular weight excluding hydrogens is 1870 g/mol. The molecule has 4 saturated heterocycles. The Bertz CT molecular complexity index is 6920. The molecule has 11 heterocycles. The van der Waals surface area contributed by atoms with Crippen molar-refractivity contribution in [1.29, 1.82) is 5.41 Å². The molecule has 8 aromatic carbocycles. The Kier molecular flexibility index (Phi) is 38.2. The minimum absolute atomic E-state index is 0.0356. The second-order valence-electron chi connectivity index (χ2n) is 36.3. The summed E-state index contributed by atoms with van der Waals surface area (Å²) in [7, 11) is 1.00. The van der Waals surface area contributed by atoms with Crippen molar-refractivity contribution in [3.8, 4) is 68.7 Å². The number of fused-ring (bicyclic) bond motifs is 3. The molecule has 146 heavy (non-hydrogen) atoms. The number of likely N-dealkylation sites (tertiary alicyclic amines) is 3. The van der Waals surface area contributed by atoms with E-state index in [4.69, 9.17) is 89.9 Å². The number of anilines is 4. The van der Waals surface area contributed by atoms with Crippen molar-refractivity contribution in [2.75, 3.05) is 82.4 Å². The third-order valence-electron chi connectivity index (χ3n) is 23.7. The molecule has 35 heteroatoms. The van der Waals surface area contributed by atoms with Crippen LogP contribution in [-0.2, 0) is 23.9 Å². The molecule has 0 aliphatic carbocycles. The van der Waals surface area contributed by atoms with Crippen LogP contribution in [0.4, 0.5) is 38.5 Å². The van der Waals surface area contributed by atoms with E-state index in [1.807, 2.05) is 285 Å². The lowest BCUT2D eigenvalue weighted by atomic mass is 9.91. The number of nitrogens with two attached hydrogens (primary N) is 5. The summed E-state index contributed by atoms with van der Waals surface area (Å²) in [6, 6.07) is 69.9. The number of rotatable bonds is 18. The van der Waals surface area contributed by atoms with Crippen molar-refractivity contribution in [3.63, 3.8) is 0 Å². The summed E-state index contributed by atoms with van der Waals surface area (Å²) in [6.07, 6.45) is 23.2. The first kappa shape index (κ1) is 108. The zero-order valence-corrected chi connectivity index (χ0v) is 83.8. The number of halogens is 1. The number of carbonyl (C=O) groups excluding carboxylic acids is 4. The van der Waals surface area contributed by atoms with Gasteiger partial charge in [0.15, 0.2) is 17.5 Å². The van der Waals surface area contributed by atoms with Crippen molar-refractivity contribution in [1.82, 2.24) is 68.2 Å². The Morgan fingerprint density at radius 1 is 0.438 bits per heavy atom. The van der Waals surface area contributed by atoms with Crippen LogP contribution in [0, 0.1) is 12.0 Å². The van der Waals surface area contributed by atoms with Gasteiger partial charge in [-0.25, -0.2) is 39.5 Å².